The summed E-state index contributed by atoms with van der Waals surface area (Å²) in [7, 11) is 0. The number of pyridine rings is 1. The summed E-state index contributed by atoms with van der Waals surface area (Å²) in [6.07, 6.45) is 3.98. The van der Waals surface area contributed by atoms with Crippen molar-refractivity contribution in [1.29, 1.82) is 0 Å². The molecule has 0 bridgehead atoms. The highest BCUT2D eigenvalue weighted by atomic mass is 19.1. The van der Waals surface area contributed by atoms with Crippen LogP contribution in [0, 0.1) is 11.7 Å². The third-order valence-electron chi connectivity index (χ3n) is 3.19. The van der Waals surface area contributed by atoms with Crippen LogP contribution in [0.2, 0.25) is 0 Å². The fraction of sp³-hybridized carbons (Fsp3) is 0.294. The number of carbonyl (C=O) groups is 1. The zero-order valence-corrected chi connectivity index (χ0v) is 12.3. The number of halogens is 1. The maximum atomic E-state index is 13.8. The van der Waals surface area contributed by atoms with E-state index < -0.39 is 0 Å². The Hall–Kier alpha value is -2.23. The molecular weight excluding hydrogens is 267 g/mol. The lowest BCUT2D eigenvalue weighted by atomic mass is 10.1. The van der Waals surface area contributed by atoms with E-state index in [1.807, 2.05) is 0 Å². The molecule has 0 aliphatic carbocycles. The molecule has 0 radical (unpaired) electrons. The van der Waals surface area contributed by atoms with Gasteiger partial charge in [0.25, 0.3) is 5.91 Å². The van der Waals surface area contributed by atoms with Gasteiger partial charge in [0.2, 0.25) is 0 Å². The van der Waals surface area contributed by atoms with Crippen molar-refractivity contribution < 1.29 is 9.18 Å². The normalized spacial score (nSPS) is 10.7. The van der Waals surface area contributed by atoms with Gasteiger partial charge in [0.05, 0.1) is 5.56 Å². The molecule has 1 aromatic heterocycles. The molecule has 1 heterocycles. The molecule has 0 fully saturated rings. The molecule has 0 unspecified atom stereocenters. The van der Waals surface area contributed by atoms with Crippen molar-refractivity contribution in [1.82, 2.24) is 10.3 Å². The van der Waals surface area contributed by atoms with Gasteiger partial charge < -0.3 is 5.32 Å². The summed E-state index contributed by atoms with van der Waals surface area (Å²) in [6.45, 7) is 4.83. The highest BCUT2D eigenvalue weighted by Crippen LogP contribution is 2.22. The molecule has 0 saturated heterocycles. The van der Waals surface area contributed by atoms with Crippen LogP contribution < -0.4 is 5.32 Å². The lowest BCUT2D eigenvalue weighted by Gasteiger charge is -2.08. The third kappa shape index (κ3) is 4.12. The molecule has 1 aromatic carbocycles. The van der Waals surface area contributed by atoms with Gasteiger partial charge in [0.15, 0.2) is 0 Å². The number of nitrogens with one attached hydrogen (secondary N) is 1. The van der Waals surface area contributed by atoms with Gasteiger partial charge in [-0.3, -0.25) is 9.78 Å². The second-order valence-corrected chi connectivity index (χ2v) is 5.38. The standard InChI is InChI=1S/C17H19FN2O/c1-12(2)7-8-20-17(21)14-9-13(10-19-11-14)15-5-3-4-6-16(15)18/h3-6,9-12H,7-8H2,1-2H3,(H,20,21). The second kappa shape index (κ2) is 6.97. The minimum atomic E-state index is -0.323. The van der Waals surface area contributed by atoms with Crippen LogP contribution in [0.5, 0.6) is 0 Å². The average Bonchev–Trinajstić information content (AvgIpc) is 2.47. The summed E-state index contributed by atoms with van der Waals surface area (Å²) in [5, 5.41) is 2.85. The van der Waals surface area contributed by atoms with Gasteiger partial charge in [0, 0.05) is 30.1 Å². The van der Waals surface area contributed by atoms with Crippen LogP contribution in [0.15, 0.2) is 42.7 Å². The number of nitrogens with zero attached hydrogens (tertiary/aromatic N) is 1. The first-order valence-electron chi connectivity index (χ1n) is 7.06. The maximum Gasteiger partial charge on any atom is 0.252 e. The van der Waals surface area contributed by atoms with Crippen molar-refractivity contribution in [3.63, 3.8) is 0 Å². The van der Waals surface area contributed by atoms with E-state index in [-0.39, 0.29) is 11.7 Å². The van der Waals surface area contributed by atoms with Gasteiger partial charge in [-0.25, -0.2) is 4.39 Å². The van der Waals surface area contributed by atoms with Gasteiger partial charge in [-0.05, 0) is 24.5 Å². The van der Waals surface area contributed by atoms with E-state index in [9.17, 15) is 9.18 Å². The predicted octanol–water partition coefficient (Wildman–Crippen LogP) is 3.66. The SMILES string of the molecule is CC(C)CCNC(=O)c1cncc(-c2ccccc2F)c1. The summed E-state index contributed by atoms with van der Waals surface area (Å²) in [5.74, 6) is 0.0335. The zero-order chi connectivity index (χ0) is 15.2. The van der Waals surface area contributed by atoms with E-state index in [0.717, 1.165) is 6.42 Å². The average molecular weight is 286 g/mol. The summed E-state index contributed by atoms with van der Waals surface area (Å²) < 4.78 is 13.8. The smallest absolute Gasteiger partial charge is 0.252 e. The minimum absolute atomic E-state index is 0.179. The van der Waals surface area contributed by atoms with E-state index in [4.69, 9.17) is 0 Å². The van der Waals surface area contributed by atoms with Crippen LogP contribution >= 0.6 is 0 Å². The molecule has 2 rings (SSSR count). The molecule has 0 atom stereocenters. The van der Waals surface area contributed by atoms with Gasteiger partial charge in [-0.15, -0.1) is 0 Å². The van der Waals surface area contributed by atoms with Gasteiger partial charge in [0.1, 0.15) is 5.82 Å². The highest BCUT2D eigenvalue weighted by molar-refractivity contribution is 5.95. The van der Waals surface area contributed by atoms with E-state index in [1.54, 1.807) is 30.5 Å². The van der Waals surface area contributed by atoms with Crippen molar-refractivity contribution in [2.24, 2.45) is 5.92 Å². The van der Waals surface area contributed by atoms with Gasteiger partial charge in [-0.2, -0.15) is 0 Å². The number of benzene rings is 1. The fourth-order valence-corrected chi connectivity index (χ4v) is 1.98. The van der Waals surface area contributed by atoms with Crippen molar-refractivity contribution in [2.45, 2.75) is 20.3 Å². The van der Waals surface area contributed by atoms with E-state index in [1.165, 1.54) is 12.3 Å². The Bertz CT molecular complexity index is 626. The first kappa shape index (κ1) is 15.2. The fourth-order valence-electron chi connectivity index (χ4n) is 1.98. The third-order valence-corrected chi connectivity index (χ3v) is 3.19. The Kier molecular flexibility index (Phi) is 5.04. The Morgan fingerprint density at radius 2 is 2.05 bits per heavy atom. The zero-order valence-electron chi connectivity index (χ0n) is 12.3. The number of amides is 1. The van der Waals surface area contributed by atoms with Crippen molar-refractivity contribution in [2.75, 3.05) is 6.54 Å². The molecular formula is C17H19FN2O. The Labute approximate surface area is 124 Å². The quantitative estimate of drug-likeness (QED) is 0.911. The van der Waals surface area contributed by atoms with E-state index in [0.29, 0.717) is 29.2 Å². The number of aromatic nitrogens is 1. The predicted molar refractivity (Wildman–Crippen MR) is 81.4 cm³/mol. The van der Waals surface area contributed by atoms with Crippen LogP contribution in [0.25, 0.3) is 11.1 Å². The van der Waals surface area contributed by atoms with Gasteiger partial charge in [-0.1, -0.05) is 32.0 Å². The topological polar surface area (TPSA) is 42.0 Å². The van der Waals surface area contributed by atoms with Crippen LogP contribution in [0.1, 0.15) is 30.6 Å². The molecule has 1 N–H and O–H groups in total. The second-order valence-electron chi connectivity index (χ2n) is 5.38. The Balaban J connectivity index is 2.14. The monoisotopic (exact) mass is 286 g/mol. The summed E-state index contributed by atoms with van der Waals surface area (Å²) in [6, 6.07) is 8.12. The lowest BCUT2D eigenvalue weighted by molar-refractivity contribution is 0.0951. The first-order valence-corrected chi connectivity index (χ1v) is 7.06. The summed E-state index contributed by atoms with van der Waals surface area (Å²) in [4.78, 5) is 16.1. The largest absolute Gasteiger partial charge is 0.352 e. The maximum absolute atomic E-state index is 13.8. The Morgan fingerprint density at radius 1 is 1.29 bits per heavy atom. The molecule has 3 nitrogen and oxygen atoms in total. The molecule has 0 aliphatic heterocycles. The number of carbonyl (C=O) groups excluding carboxylic acids is 1. The van der Waals surface area contributed by atoms with Crippen molar-refractivity contribution in [3.05, 3.63) is 54.1 Å². The Morgan fingerprint density at radius 3 is 2.76 bits per heavy atom. The van der Waals surface area contributed by atoms with E-state index >= 15 is 0 Å². The van der Waals surface area contributed by atoms with Crippen LogP contribution in [-0.2, 0) is 0 Å². The molecule has 1 amide bonds. The highest BCUT2D eigenvalue weighted by Gasteiger charge is 2.10. The first-order chi connectivity index (χ1) is 10.1. The molecule has 110 valence electrons. The molecule has 0 aliphatic rings. The van der Waals surface area contributed by atoms with Gasteiger partial charge >= 0.3 is 0 Å². The number of hydrogen-bond donors (Lipinski definition) is 1. The van der Waals surface area contributed by atoms with Crippen LogP contribution in [-0.4, -0.2) is 17.4 Å². The van der Waals surface area contributed by atoms with Crippen LogP contribution in [0.3, 0.4) is 0 Å². The lowest BCUT2D eigenvalue weighted by Crippen LogP contribution is -2.25. The number of rotatable bonds is 5. The molecule has 2 aromatic rings. The minimum Gasteiger partial charge on any atom is -0.352 e. The molecule has 21 heavy (non-hydrogen) atoms. The summed E-state index contributed by atoms with van der Waals surface area (Å²) in [5.41, 5.74) is 1.49. The molecule has 0 saturated carbocycles. The van der Waals surface area contributed by atoms with Crippen LogP contribution in [0.4, 0.5) is 4.39 Å². The number of hydrogen-bond acceptors (Lipinski definition) is 2. The summed E-state index contributed by atoms with van der Waals surface area (Å²) >= 11 is 0. The molecule has 0 spiro atoms. The van der Waals surface area contributed by atoms with Crippen molar-refractivity contribution in [3.8, 4) is 11.1 Å². The molecule has 4 heteroatoms. The van der Waals surface area contributed by atoms with Crippen molar-refractivity contribution >= 4 is 5.91 Å². The van der Waals surface area contributed by atoms with E-state index in [2.05, 4.69) is 24.1 Å².